The smallest absolute Gasteiger partial charge is 0.220 e. The van der Waals surface area contributed by atoms with Gasteiger partial charge in [0.2, 0.25) is 5.91 Å². The lowest BCUT2D eigenvalue weighted by Gasteiger charge is -2.27. The Morgan fingerprint density at radius 1 is 1.40 bits per heavy atom. The van der Waals surface area contributed by atoms with E-state index in [-0.39, 0.29) is 17.9 Å². The van der Waals surface area contributed by atoms with E-state index in [1.165, 1.54) is 11.3 Å². The van der Waals surface area contributed by atoms with Gasteiger partial charge < -0.3 is 10.4 Å². The summed E-state index contributed by atoms with van der Waals surface area (Å²) in [6.45, 7) is 0.630. The van der Waals surface area contributed by atoms with Crippen molar-refractivity contribution in [1.29, 1.82) is 0 Å². The fraction of sp³-hybridized carbons (Fsp3) is 0.667. The Hall–Kier alpha value is -0.390. The number of rotatable bonds is 6. The molecule has 20 heavy (non-hydrogen) atoms. The Morgan fingerprint density at radius 2 is 2.20 bits per heavy atom. The number of halogens is 1. The van der Waals surface area contributed by atoms with Crippen LogP contribution in [0.5, 0.6) is 0 Å². The van der Waals surface area contributed by atoms with Gasteiger partial charge in [0.15, 0.2) is 0 Å². The maximum atomic E-state index is 11.8. The number of carbonyl (C=O) groups excluding carboxylic acids is 1. The van der Waals surface area contributed by atoms with Gasteiger partial charge in [0, 0.05) is 23.8 Å². The highest BCUT2D eigenvalue weighted by Crippen LogP contribution is 2.24. The molecule has 2 N–H and O–H groups in total. The predicted molar refractivity (Wildman–Crippen MR) is 85.9 cm³/mol. The van der Waals surface area contributed by atoms with Crippen molar-refractivity contribution in [3.8, 4) is 0 Å². The molecule has 112 valence electrons. The zero-order chi connectivity index (χ0) is 14.4. The number of amides is 1. The van der Waals surface area contributed by atoms with Crippen molar-refractivity contribution in [3.05, 3.63) is 20.8 Å². The molecule has 1 heterocycles. The number of aliphatic hydroxyl groups excluding tert-OH is 1. The molecule has 1 aromatic rings. The molecule has 1 fully saturated rings. The lowest BCUT2D eigenvalue weighted by molar-refractivity contribution is -0.121. The van der Waals surface area contributed by atoms with Gasteiger partial charge in [0.05, 0.1) is 9.89 Å². The third-order valence-electron chi connectivity index (χ3n) is 3.89. The Labute approximate surface area is 132 Å². The van der Waals surface area contributed by atoms with Gasteiger partial charge in [-0.1, -0.05) is 12.8 Å². The summed E-state index contributed by atoms with van der Waals surface area (Å²) in [6.07, 6.45) is 6.37. The quantitative estimate of drug-likeness (QED) is 0.816. The molecule has 0 radical (unpaired) electrons. The third kappa shape index (κ3) is 5.19. The Morgan fingerprint density at radius 3 is 2.90 bits per heavy atom. The highest BCUT2D eigenvalue weighted by atomic mass is 79.9. The molecule has 5 heteroatoms. The minimum absolute atomic E-state index is 0.110. The second-order valence-electron chi connectivity index (χ2n) is 5.48. The van der Waals surface area contributed by atoms with Crippen LogP contribution in [-0.2, 0) is 11.2 Å². The second kappa shape index (κ2) is 8.15. The van der Waals surface area contributed by atoms with E-state index in [1.54, 1.807) is 11.3 Å². The summed E-state index contributed by atoms with van der Waals surface area (Å²) in [7, 11) is 0. The molecule has 1 aliphatic carbocycles. The minimum atomic E-state index is -0.229. The van der Waals surface area contributed by atoms with Crippen LogP contribution in [0.1, 0.15) is 43.4 Å². The summed E-state index contributed by atoms with van der Waals surface area (Å²) >= 11 is 5.17. The number of thiophene rings is 1. The molecule has 2 unspecified atom stereocenters. The summed E-state index contributed by atoms with van der Waals surface area (Å²) < 4.78 is 1.14. The average molecular weight is 360 g/mol. The lowest BCUT2D eigenvalue weighted by Crippen LogP contribution is -2.36. The highest BCUT2D eigenvalue weighted by molar-refractivity contribution is 9.11. The average Bonchev–Trinajstić information content (AvgIpc) is 2.83. The van der Waals surface area contributed by atoms with Crippen LogP contribution in [-0.4, -0.2) is 23.7 Å². The van der Waals surface area contributed by atoms with Crippen molar-refractivity contribution in [2.45, 2.75) is 51.0 Å². The first-order chi connectivity index (χ1) is 9.65. The zero-order valence-corrected chi connectivity index (χ0v) is 14.0. The molecule has 0 spiro atoms. The van der Waals surface area contributed by atoms with Gasteiger partial charge in [-0.05, 0) is 53.7 Å². The normalized spacial score (nSPS) is 22.7. The maximum Gasteiger partial charge on any atom is 0.220 e. The highest BCUT2D eigenvalue weighted by Gasteiger charge is 2.23. The van der Waals surface area contributed by atoms with E-state index in [9.17, 15) is 9.90 Å². The SMILES string of the molecule is O=C(CCCc1ccc(Br)s1)NCC1CCCCC1O. The molecular weight excluding hydrogens is 338 g/mol. The number of hydrogen-bond acceptors (Lipinski definition) is 3. The molecule has 2 atom stereocenters. The number of nitrogens with one attached hydrogen (secondary N) is 1. The molecule has 1 aromatic heterocycles. The Bertz CT molecular complexity index is 435. The van der Waals surface area contributed by atoms with Crippen LogP contribution in [0.3, 0.4) is 0 Å². The molecule has 3 nitrogen and oxygen atoms in total. The van der Waals surface area contributed by atoms with Gasteiger partial charge >= 0.3 is 0 Å². The summed E-state index contributed by atoms with van der Waals surface area (Å²) in [5.41, 5.74) is 0. The summed E-state index contributed by atoms with van der Waals surface area (Å²) in [6, 6.07) is 4.15. The number of aryl methyl sites for hydroxylation is 1. The van der Waals surface area contributed by atoms with Crippen LogP contribution < -0.4 is 5.32 Å². The largest absolute Gasteiger partial charge is 0.393 e. The van der Waals surface area contributed by atoms with Crippen LogP contribution >= 0.6 is 27.3 Å². The van der Waals surface area contributed by atoms with E-state index in [2.05, 4.69) is 27.3 Å². The standard InChI is InChI=1S/C15H22BrNO2S/c16-14-9-8-12(20-14)5-3-7-15(19)17-10-11-4-1-2-6-13(11)18/h8-9,11,13,18H,1-7,10H2,(H,17,19). The molecule has 1 saturated carbocycles. The van der Waals surface area contributed by atoms with Gasteiger partial charge in [-0.25, -0.2) is 0 Å². The number of aliphatic hydroxyl groups is 1. The number of hydrogen-bond donors (Lipinski definition) is 2. The summed E-state index contributed by atoms with van der Waals surface area (Å²) in [5.74, 6) is 0.361. The van der Waals surface area contributed by atoms with E-state index >= 15 is 0 Å². The van der Waals surface area contributed by atoms with Crippen molar-refractivity contribution in [1.82, 2.24) is 5.32 Å². The van der Waals surface area contributed by atoms with Crippen LogP contribution in [0.25, 0.3) is 0 Å². The molecule has 0 aromatic carbocycles. The lowest BCUT2D eigenvalue weighted by atomic mass is 9.86. The van der Waals surface area contributed by atoms with E-state index in [0.717, 1.165) is 35.9 Å². The third-order valence-corrected chi connectivity index (χ3v) is 5.57. The molecule has 0 bridgehead atoms. The van der Waals surface area contributed by atoms with Gasteiger partial charge in [0.25, 0.3) is 0 Å². The Balaban J connectivity index is 1.60. The predicted octanol–water partition coefficient (Wildman–Crippen LogP) is 3.50. The van der Waals surface area contributed by atoms with Crippen LogP contribution in [0.15, 0.2) is 15.9 Å². The van der Waals surface area contributed by atoms with Crippen molar-refractivity contribution in [3.63, 3.8) is 0 Å². The first-order valence-electron chi connectivity index (χ1n) is 7.34. The minimum Gasteiger partial charge on any atom is -0.393 e. The van der Waals surface area contributed by atoms with Crippen LogP contribution in [0, 0.1) is 5.92 Å². The van der Waals surface area contributed by atoms with Crippen LogP contribution in [0.4, 0.5) is 0 Å². The van der Waals surface area contributed by atoms with E-state index in [1.807, 2.05) is 6.07 Å². The molecule has 1 amide bonds. The zero-order valence-electron chi connectivity index (χ0n) is 11.6. The summed E-state index contributed by atoms with van der Waals surface area (Å²) in [4.78, 5) is 13.1. The van der Waals surface area contributed by atoms with Gasteiger partial charge in [0.1, 0.15) is 0 Å². The Kier molecular flexibility index (Phi) is 6.52. The van der Waals surface area contributed by atoms with E-state index < -0.39 is 0 Å². The van der Waals surface area contributed by atoms with Crippen molar-refractivity contribution >= 4 is 33.2 Å². The monoisotopic (exact) mass is 359 g/mol. The van der Waals surface area contributed by atoms with E-state index in [0.29, 0.717) is 13.0 Å². The van der Waals surface area contributed by atoms with Crippen LogP contribution in [0.2, 0.25) is 0 Å². The first kappa shape index (κ1) is 16.0. The number of carbonyl (C=O) groups is 1. The fourth-order valence-corrected chi connectivity index (χ4v) is 4.19. The van der Waals surface area contributed by atoms with Crippen molar-refractivity contribution < 1.29 is 9.90 Å². The molecule has 0 aliphatic heterocycles. The summed E-state index contributed by atoms with van der Waals surface area (Å²) in [5, 5.41) is 12.8. The van der Waals surface area contributed by atoms with Crippen molar-refractivity contribution in [2.75, 3.05) is 6.54 Å². The first-order valence-corrected chi connectivity index (χ1v) is 8.95. The maximum absolute atomic E-state index is 11.8. The second-order valence-corrected chi connectivity index (χ2v) is 8.02. The fourth-order valence-electron chi connectivity index (χ4n) is 2.67. The van der Waals surface area contributed by atoms with Gasteiger partial charge in [-0.2, -0.15) is 0 Å². The van der Waals surface area contributed by atoms with Gasteiger partial charge in [-0.15, -0.1) is 11.3 Å². The molecule has 1 aliphatic rings. The molecule has 2 rings (SSSR count). The molecule has 0 saturated heterocycles. The molecular formula is C15H22BrNO2S. The van der Waals surface area contributed by atoms with Gasteiger partial charge in [-0.3, -0.25) is 4.79 Å². The topological polar surface area (TPSA) is 49.3 Å². The van der Waals surface area contributed by atoms with E-state index in [4.69, 9.17) is 0 Å². The van der Waals surface area contributed by atoms with Crippen molar-refractivity contribution in [2.24, 2.45) is 5.92 Å².